The Morgan fingerprint density at radius 1 is 0.602 bits per heavy atom. The van der Waals surface area contributed by atoms with E-state index in [4.69, 9.17) is 61.8 Å². The molecular weight excluding hydrogens is 1220 g/mol. The fraction of sp³-hybridized carbons (Fsp3) is 0.697. The van der Waals surface area contributed by atoms with Crippen molar-refractivity contribution in [1.82, 2.24) is 39.7 Å². The molecule has 0 spiro atoms. The standard InChI is InChI=1S/C66H97F3N8O16/c1-50-70-61-48-74(17-14-62(61)77(50)57-45-55-11-12-56(46-57)76(55)18-13-60(51-7-3-2-4-8-51)71-66(80)52-9-5-6-10-52)63(78)15-20-81-23-26-84-39-40-91-41-42-92-49-54-47-75(73-72-54)19-22-83-25-28-86-30-32-88-34-36-90-38-37-89-35-33-87-31-29-85-27-24-82-21-16-64(79)93-65-58(68)43-53(67)44-59(65)69/h2-4,7-8,43-44,47,52,55-57,60H,5-6,9-42,45-46,48-49H2,1H3,(H,71,80)/t55?,56?,57?,60-/m0/s1. The zero-order chi connectivity index (χ0) is 65.1. The molecule has 1 N–H and O–H groups in total. The van der Waals surface area contributed by atoms with Gasteiger partial charge in [-0.05, 0) is 57.4 Å². The number of hydrogen-bond acceptors (Lipinski definition) is 20. The first-order chi connectivity index (χ1) is 45.6. The average Bonchev–Trinajstić information content (AvgIpc) is 1.63. The molecule has 3 fully saturated rings. The summed E-state index contributed by atoms with van der Waals surface area (Å²) in [6.45, 7) is 13.8. The Morgan fingerprint density at radius 2 is 1.11 bits per heavy atom. The molecule has 27 heteroatoms. The van der Waals surface area contributed by atoms with Gasteiger partial charge in [-0.3, -0.25) is 19.3 Å². The molecule has 3 aliphatic heterocycles. The average molecular weight is 1320 g/mol. The van der Waals surface area contributed by atoms with E-state index in [2.05, 4.69) is 61.0 Å². The topological polar surface area (TPSA) is 238 Å². The molecule has 2 aromatic carbocycles. The van der Waals surface area contributed by atoms with Gasteiger partial charge in [-0.1, -0.05) is 48.4 Å². The number of hydrogen-bond donors (Lipinski definition) is 1. The van der Waals surface area contributed by atoms with Crippen molar-refractivity contribution in [3.63, 3.8) is 0 Å². The maximum atomic E-state index is 13.6. The van der Waals surface area contributed by atoms with Gasteiger partial charge >= 0.3 is 5.97 Å². The molecule has 3 atom stereocenters. The van der Waals surface area contributed by atoms with Crippen LogP contribution in [0.15, 0.2) is 48.7 Å². The van der Waals surface area contributed by atoms with Crippen LogP contribution in [0.4, 0.5) is 13.2 Å². The summed E-state index contributed by atoms with van der Waals surface area (Å²) in [6, 6.07) is 12.8. The van der Waals surface area contributed by atoms with Crippen molar-refractivity contribution in [1.29, 1.82) is 0 Å². The number of aryl methyl sites for hydroxylation is 1. The molecule has 2 bridgehead atoms. The van der Waals surface area contributed by atoms with E-state index < -0.39 is 29.2 Å². The zero-order valence-corrected chi connectivity index (χ0v) is 54.1. The number of nitrogens with one attached hydrogen (secondary N) is 1. The van der Waals surface area contributed by atoms with E-state index in [0.29, 0.717) is 201 Å². The van der Waals surface area contributed by atoms with E-state index in [1.807, 2.05) is 17.2 Å². The van der Waals surface area contributed by atoms with Crippen LogP contribution in [0.3, 0.4) is 0 Å². The third-order valence-corrected chi connectivity index (χ3v) is 16.8. The van der Waals surface area contributed by atoms with Crippen LogP contribution >= 0.6 is 0 Å². The van der Waals surface area contributed by atoms with Gasteiger partial charge in [0.05, 0.1) is 202 Å². The largest absolute Gasteiger partial charge is 0.420 e. The summed E-state index contributed by atoms with van der Waals surface area (Å²) < 4.78 is 116. The van der Waals surface area contributed by atoms with E-state index in [0.717, 1.165) is 69.4 Å². The summed E-state index contributed by atoms with van der Waals surface area (Å²) in [5.74, 6) is -4.08. The van der Waals surface area contributed by atoms with Crippen LogP contribution in [0.1, 0.15) is 111 Å². The van der Waals surface area contributed by atoms with Crippen LogP contribution in [0, 0.1) is 30.3 Å². The second kappa shape index (κ2) is 42.1. The highest BCUT2D eigenvalue weighted by Crippen LogP contribution is 2.43. The summed E-state index contributed by atoms with van der Waals surface area (Å²) in [5, 5.41) is 11.8. The molecule has 2 aromatic heterocycles. The number of carbonyl (C=O) groups is 3. The van der Waals surface area contributed by atoms with Crippen LogP contribution in [-0.2, 0) is 97.3 Å². The first-order valence-corrected chi connectivity index (χ1v) is 33.2. The fourth-order valence-corrected chi connectivity index (χ4v) is 12.2. The summed E-state index contributed by atoms with van der Waals surface area (Å²) in [5.41, 5.74) is 4.23. The molecule has 1 aliphatic carbocycles. The van der Waals surface area contributed by atoms with Gasteiger partial charge in [0, 0.05) is 61.4 Å². The van der Waals surface area contributed by atoms with Gasteiger partial charge in [0.1, 0.15) is 17.3 Å². The molecule has 24 nitrogen and oxygen atoms in total. The van der Waals surface area contributed by atoms with Gasteiger partial charge in [0.15, 0.2) is 11.6 Å². The predicted molar refractivity (Wildman–Crippen MR) is 332 cm³/mol. The molecule has 2 saturated heterocycles. The first-order valence-electron chi connectivity index (χ1n) is 33.2. The lowest BCUT2D eigenvalue weighted by molar-refractivity contribution is -0.136. The van der Waals surface area contributed by atoms with Crippen LogP contribution in [-0.4, -0.2) is 229 Å². The number of piperidine rings is 1. The van der Waals surface area contributed by atoms with Gasteiger partial charge in [-0.2, -0.15) is 0 Å². The normalized spacial score (nSPS) is 17.8. The number of amides is 2. The summed E-state index contributed by atoms with van der Waals surface area (Å²) in [6.07, 6.45) is 12.6. The Kier molecular flexibility index (Phi) is 33.2. The smallest absolute Gasteiger partial charge is 0.313 e. The molecule has 8 rings (SSSR count). The van der Waals surface area contributed by atoms with Crippen molar-refractivity contribution in [2.75, 3.05) is 165 Å². The quantitative estimate of drug-likeness (QED) is 0.0283. The third-order valence-electron chi connectivity index (χ3n) is 16.8. The number of halogens is 3. The number of carbonyl (C=O) groups excluding carboxylic acids is 3. The second-order valence-corrected chi connectivity index (χ2v) is 23.4. The molecule has 2 amide bonds. The van der Waals surface area contributed by atoms with Gasteiger partial charge in [0.2, 0.25) is 17.6 Å². The van der Waals surface area contributed by atoms with Crippen molar-refractivity contribution in [3.8, 4) is 5.75 Å². The van der Waals surface area contributed by atoms with Gasteiger partial charge in [-0.25, -0.2) is 22.8 Å². The minimum atomic E-state index is -1.31. The van der Waals surface area contributed by atoms with Crippen molar-refractivity contribution >= 4 is 17.8 Å². The lowest BCUT2D eigenvalue weighted by Gasteiger charge is -2.41. The maximum absolute atomic E-state index is 13.6. The Labute approximate surface area is 543 Å². The molecular formula is C66H97F3N8O16. The van der Waals surface area contributed by atoms with Crippen molar-refractivity contribution < 1.29 is 89.1 Å². The Bertz CT molecular complexity index is 2750. The van der Waals surface area contributed by atoms with Crippen LogP contribution in [0.5, 0.6) is 5.75 Å². The summed E-state index contributed by atoms with van der Waals surface area (Å²) >= 11 is 0. The Hall–Kier alpha value is -5.53. The van der Waals surface area contributed by atoms with E-state index in [1.165, 1.54) is 24.1 Å². The lowest BCUT2D eigenvalue weighted by Crippen LogP contribution is -2.45. The summed E-state index contributed by atoms with van der Waals surface area (Å²) in [7, 11) is 0. The molecule has 93 heavy (non-hydrogen) atoms. The molecule has 4 aliphatic rings. The van der Waals surface area contributed by atoms with Gasteiger partial charge < -0.3 is 76.4 Å². The number of nitrogens with zero attached hydrogens (tertiary/aromatic N) is 7. The lowest BCUT2D eigenvalue weighted by atomic mass is 9.94. The second-order valence-electron chi connectivity index (χ2n) is 23.4. The highest BCUT2D eigenvalue weighted by Gasteiger charge is 2.43. The minimum absolute atomic E-state index is 0.0269. The molecule has 0 radical (unpaired) electrons. The minimum Gasteiger partial charge on any atom is -0.420 e. The molecule has 1 saturated carbocycles. The Morgan fingerprint density at radius 3 is 1.66 bits per heavy atom. The van der Waals surface area contributed by atoms with E-state index in [1.54, 1.807) is 4.68 Å². The number of rotatable bonds is 49. The fourth-order valence-electron chi connectivity index (χ4n) is 12.2. The number of benzene rings is 2. The van der Waals surface area contributed by atoms with Crippen molar-refractivity contribution in [2.24, 2.45) is 5.92 Å². The highest BCUT2D eigenvalue weighted by molar-refractivity contribution is 5.79. The van der Waals surface area contributed by atoms with E-state index in [-0.39, 0.29) is 50.0 Å². The van der Waals surface area contributed by atoms with Crippen LogP contribution < -0.4 is 10.1 Å². The monoisotopic (exact) mass is 1310 g/mol. The van der Waals surface area contributed by atoms with Gasteiger partial charge in [0.25, 0.3) is 0 Å². The molecule has 5 heterocycles. The number of ether oxygens (including phenoxy) is 13. The first kappa shape index (κ1) is 73.3. The van der Waals surface area contributed by atoms with Crippen molar-refractivity contribution in [3.05, 3.63) is 94.6 Å². The SMILES string of the molecule is Cc1nc2c(n1C1CC3CCC(C1)N3CC[C@H](NC(=O)C1CCCC1)c1ccccc1)CCN(C(=O)CCOCCOCCOCCOCc1cn(CCOCCOCCOCCOCCOCCOCCOCCOCCC(=O)Oc3c(F)cc(F)cc3F)nn1)C2. The van der Waals surface area contributed by atoms with E-state index >= 15 is 0 Å². The highest BCUT2D eigenvalue weighted by atomic mass is 19.1. The molecule has 518 valence electrons. The van der Waals surface area contributed by atoms with Crippen molar-refractivity contribution in [2.45, 2.75) is 128 Å². The number of imidazole rings is 1. The third kappa shape index (κ3) is 25.9. The van der Waals surface area contributed by atoms with E-state index in [9.17, 15) is 27.6 Å². The van der Waals surface area contributed by atoms with Crippen LogP contribution in [0.2, 0.25) is 0 Å². The number of fused-ring (bicyclic) bond motifs is 3. The Balaban J connectivity index is 0.529. The molecule has 4 aromatic rings. The van der Waals surface area contributed by atoms with Crippen LogP contribution in [0.25, 0.3) is 0 Å². The number of esters is 1. The zero-order valence-electron chi connectivity index (χ0n) is 54.1. The predicted octanol–water partition coefficient (Wildman–Crippen LogP) is 6.48. The summed E-state index contributed by atoms with van der Waals surface area (Å²) in [4.78, 5) is 48.0. The van der Waals surface area contributed by atoms with Gasteiger partial charge in [-0.15, -0.1) is 5.10 Å². The maximum Gasteiger partial charge on any atom is 0.313 e. The molecule has 2 unspecified atom stereocenters. The number of aromatic nitrogens is 5.